The molecule has 0 atom stereocenters. The molecule has 0 bridgehead atoms. The van der Waals surface area contributed by atoms with Gasteiger partial charge in [-0.05, 0) is 46.7 Å². The van der Waals surface area contributed by atoms with E-state index in [2.05, 4.69) is 38.2 Å². The maximum Gasteiger partial charge on any atom is 2.00 e. The second-order valence-corrected chi connectivity index (χ2v) is 6.15. The van der Waals surface area contributed by atoms with Gasteiger partial charge in [0.05, 0.1) is 6.61 Å². The molecule has 1 rings (SSSR count). The first-order chi connectivity index (χ1) is 7.95. The molecule has 20 heavy (non-hydrogen) atoms. The van der Waals surface area contributed by atoms with Crippen molar-refractivity contribution in [2.24, 2.45) is 5.92 Å². The number of ether oxygens (including phenoxy) is 1. The van der Waals surface area contributed by atoms with Crippen molar-refractivity contribution in [2.45, 2.75) is 51.1 Å². The Kier molecular flexibility index (Phi) is 17.4. The topological polar surface area (TPSA) is 26.6 Å². The molecule has 0 spiro atoms. The zero-order chi connectivity index (χ0) is 12.9. The average Bonchev–Trinajstić information content (AvgIpc) is 2.29. The summed E-state index contributed by atoms with van der Waals surface area (Å²) < 4.78 is 5.90. The van der Waals surface area contributed by atoms with Crippen molar-refractivity contribution in [3.05, 3.63) is 12.7 Å². The molecule has 0 heterocycles. The molecule has 0 aromatic carbocycles. The fourth-order valence-electron chi connectivity index (χ4n) is 2.17. The monoisotopic (exact) mass is 678 g/mol. The van der Waals surface area contributed by atoms with Gasteiger partial charge in [-0.1, -0.05) is 12.8 Å². The second kappa shape index (κ2) is 13.1. The number of rotatable bonds is 6. The summed E-state index contributed by atoms with van der Waals surface area (Å²) in [6.45, 7) is 6.19. The Balaban J connectivity index is -0.000000963. The van der Waals surface area contributed by atoms with Crippen LogP contribution >= 0.6 is 0 Å². The van der Waals surface area contributed by atoms with Crippen LogP contribution in [0.4, 0.5) is 0 Å². The first kappa shape index (κ1) is 26.5. The van der Waals surface area contributed by atoms with E-state index >= 15 is 0 Å². The molecule has 1 saturated carbocycles. The average molecular weight is 678 g/mol. The van der Waals surface area contributed by atoms with Crippen molar-refractivity contribution in [3.63, 3.8) is 0 Å². The molecular formula is C15H32N2OUW. The van der Waals surface area contributed by atoms with Gasteiger partial charge in [0.1, 0.15) is 0 Å². The maximum absolute atomic E-state index is 5.90. The van der Waals surface area contributed by atoms with Crippen molar-refractivity contribution >= 4 is 0 Å². The van der Waals surface area contributed by atoms with Crippen molar-refractivity contribution in [1.82, 2.24) is 4.90 Å². The minimum Gasteiger partial charge on any atom is -0.662 e. The smallest absolute Gasteiger partial charge is 0.662 e. The summed E-state index contributed by atoms with van der Waals surface area (Å²) in [6.07, 6.45) is 5.07. The van der Waals surface area contributed by atoms with Gasteiger partial charge in [0, 0.05) is 43.3 Å². The Morgan fingerprint density at radius 2 is 1.65 bits per heavy atom. The van der Waals surface area contributed by atoms with Crippen LogP contribution in [0.25, 0.3) is 5.32 Å². The number of nitrogens with zero attached hydrogens (tertiary/aromatic N) is 2. The van der Waals surface area contributed by atoms with E-state index in [0.717, 1.165) is 19.1 Å². The third-order valence-corrected chi connectivity index (χ3v) is 4.20. The van der Waals surface area contributed by atoms with Gasteiger partial charge in [-0.2, -0.15) is 7.05 Å². The van der Waals surface area contributed by atoms with Crippen LogP contribution in [0.15, 0.2) is 0 Å². The van der Waals surface area contributed by atoms with E-state index in [1.807, 2.05) is 7.05 Å². The van der Waals surface area contributed by atoms with Crippen molar-refractivity contribution in [3.8, 4) is 0 Å². The molecule has 1 aliphatic rings. The first-order valence-corrected chi connectivity index (χ1v) is 6.80. The van der Waals surface area contributed by atoms with E-state index in [9.17, 15) is 0 Å². The Morgan fingerprint density at radius 1 is 1.15 bits per heavy atom. The third kappa shape index (κ3) is 9.60. The van der Waals surface area contributed by atoms with Crippen LogP contribution in [0.5, 0.6) is 0 Å². The minimum atomic E-state index is 0. The van der Waals surface area contributed by atoms with E-state index in [1.165, 1.54) is 25.7 Å². The van der Waals surface area contributed by atoms with Crippen LogP contribution in [-0.4, -0.2) is 50.8 Å². The molecule has 3 nitrogen and oxygen atoms in total. The van der Waals surface area contributed by atoms with Crippen molar-refractivity contribution in [1.29, 1.82) is 0 Å². The molecule has 0 aliphatic heterocycles. The molecular weight excluding hydrogens is 646 g/mol. The van der Waals surface area contributed by atoms with E-state index in [4.69, 9.17) is 4.74 Å². The molecule has 0 saturated heterocycles. The fourth-order valence-corrected chi connectivity index (χ4v) is 2.17. The van der Waals surface area contributed by atoms with Gasteiger partial charge >= 0.3 is 21.1 Å². The Hall–Kier alpha value is 1.62. The first-order valence-electron chi connectivity index (χ1n) is 6.80. The van der Waals surface area contributed by atoms with Crippen molar-refractivity contribution in [2.75, 3.05) is 34.4 Å². The second-order valence-electron chi connectivity index (χ2n) is 6.15. The Bertz CT molecular complexity index is 220. The molecule has 0 amide bonds. The van der Waals surface area contributed by atoms with Crippen LogP contribution in [0, 0.1) is 44.5 Å². The Labute approximate surface area is 165 Å². The van der Waals surface area contributed by atoms with E-state index in [-0.39, 0.29) is 65.1 Å². The summed E-state index contributed by atoms with van der Waals surface area (Å²) in [4.78, 5) is 2.22. The maximum atomic E-state index is 5.90. The van der Waals surface area contributed by atoms with Gasteiger partial charge in [-0.25, -0.2) is 0 Å². The number of hydrogen-bond donors (Lipinski definition) is 0. The van der Waals surface area contributed by atoms with Crippen LogP contribution in [0.2, 0.25) is 0 Å². The number of likely N-dealkylation sites (N-methyl/N-ethyl adjacent to an activating group) is 1. The van der Waals surface area contributed by atoms with E-state index in [0.29, 0.717) is 6.04 Å². The van der Waals surface area contributed by atoms with Gasteiger partial charge in [-0.3, -0.25) is 0 Å². The normalized spacial score (nSPS) is 22.5. The van der Waals surface area contributed by atoms with Crippen molar-refractivity contribution < 1.29 is 56.9 Å². The molecule has 0 radical (unpaired) electrons. The molecule has 0 aromatic heterocycles. The van der Waals surface area contributed by atoms with Crippen LogP contribution < -0.4 is 0 Å². The van der Waals surface area contributed by atoms with Gasteiger partial charge < -0.3 is 22.4 Å². The zero-order valence-electron chi connectivity index (χ0n) is 14.1. The Morgan fingerprint density at radius 3 is 2.05 bits per heavy atom. The van der Waals surface area contributed by atoms with Crippen LogP contribution in [0.1, 0.15) is 39.5 Å². The van der Waals surface area contributed by atoms with Crippen LogP contribution in [-0.2, 0) is 25.8 Å². The SMILES string of the molecule is C[N-]C1CCC(COCC(C)(C)N(C)C)CC1.[CH3-].[U].[W+2]. The quantitative estimate of drug-likeness (QED) is 0.404. The molecule has 0 unspecified atom stereocenters. The summed E-state index contributed by atoms with van der Waals surface area (Å²) in [5.74, 6) is 0.756. The molecule has 5 heteroatoms. The van der Waals surface area contributed by atoms with Gasteiger partial charge in [0.25, 0.3) is 0 Å². The van der Waals surface area contributed by atoms with E-state index in [1.54, 1.807) is 0 Å². The minimum absolute atomic E-state index is 0. The molecule has 0 N–H and O–H groups in total. The van der Waals surface area contributed by atoms with Gasteiger partial charge in [-0.15, -0.1) is 6.04 Å². The summed E-state index contributed by atoms with van der Waals surface area (Å²) in [6, 6.07) is 0.615. The number of hydrogen-bond acceptors (Lipinski definition) is 2. The standard InChI is InChI=1S/C14H29N2O.CH3.U.W/c1-14(2,16(4)5)11-17-10-12-6-8-13(15-3)9-7-12;;;/h12-13H,6-11H2,1-5H3;1H3;;/q2*-1;;+2. The summed E-state index contributed by atoms with van der Waals surface area (Å²) >= 11 is 0. The predicted octanol–water partition coefficient (Wildman–Crippen LogP) is 3.35. The summed E-state index contributed by atoms with van der Waals surface area (Å²) in [5.41, 5.74) is 0.135. The van der Waals surface area contributed by atoms with Crippen LogP contribution in [0.3, 0.4) is 0 Å². The third-order valence-electron chi connectivity index (χ3n) is 4.20. The molecule has 0 aromatic rings. The molecule has 118 valence electrons. The van der Waals surface area contributed by atoms with E-state index < -0.39 is 0 Å². The summed E-state index contributed by atoms with van der Waals surface area (Å²) in [7, 11) is 6.16. The van der Waals surface area contributed by atoms with Gasteiger partial charge in [0.15, 0.2) is 0 Å². The summed E-state index contributed by atoms with van der Waals surface area (Å²) in [5, 5.41) is 4.38. The van der Waals surface area contributed by atoms with Gasteiger partial charge in [0.2, 0.25) is 0 Å². The molecule has 1 aliphatic carbocycles. The zero-order valence-corrected chi connectivity index (χ0v) is 21.2. The predicted molar refractivity (Wildman–Crippen MR) is 80.0 cm³/mol. The fraction of sp³-hybridized carbons (Fsp3) is 0.933. The molecule has 1 fully saturated rings. The largest absolute Gasteiger partial charge is 2.00 e.